The minimum Gasteiger partial charge on any atom is -0.377 e. The van der Waals surface area contributed by atoms with Crippen LogP contribution in [0.1, 0.15) is 18.9 Å². The summed E-state index contributed by atoms with van der Waals surface area (Å²) in [5, 5.41) is -0.0443. The van der Waals surface area contributed by atoms with Gasteiger partial charge in [0.2, 0.25) is 0 Å². The van der Waals surface area contributed by atoms with E-state index in [0.29, 0.717) is 6.61 Å². The van der Waals surface area contributed by atoms with E-state index >= 15 is 0 Å². The molecule has 0 bridgehead atoms. The third-order valence-corrected chi connectivity index (χ3v) is 5.16. The SMILES string of the molecule is CC1OCCC1S(=O)CC(=O)Cc1ccc(F)cc1. The number of hydrogen-bond acceptors (Lipinski definition) is 3. The molecule has 1 aromatic carbocycles. The van der Waals surface area contributed by atoms with Gasteiger partial charge < -0.3 is 4.74 Å². The second kappa shape index (κ2) is 6.39. The van der Waals surface area contributed by atoms with E-state index in [1.54, 1.807) is 12.1 Å². The molecule has 0 aromatic heterocycles. The molecule has 0 radical (unpaired) electrons. The van der Waals surface area contributed by atoms with Gasteiger partial charge in [-0.1, -0.05) is 12.1 Å². The summed E-state index contributed by atoms with van der Waals surface area (Å²) in [6.45, 7) is 2.50. The van der Waals surface area contributed by atoms with Crippen LogP contribution < -0.4 is 0 Å². The van der Waals surface area contributed by atoms with Crippen LogP contribution in [0.2, 0.25) is 0 Å². The van der Waals surface area contributed by atoms with Gasteiger partial charge in [-0.3, -0.25) is 9.00 Å². The zero-order chi connectivity index (χ0) is 13.8. The van der Waals surface area contributed by atoms with Crippen LogP contribution in [0, 0.1) is 5.82 Å². The van der Waals surface area contributed by atoms with E-state index in [2.05, 4.69) is 0 Å². The van der Waals surface area contributed by atoms with Crippen molar-refractivity contribution in [1.29, 1.82) is 0 Å². The van der Waals surface area contributed by atoms with Crippen molar-refractivity contribution in [3.8, 4) is 0 Å². The molecule has 5 heteroatoms. The third kappa shape index (κ3) is 3.94. The lowest BCUT2D eigenvalue weighted by Gasteiger charge is -2.13. The van der Waals surface area contributed by atoms with Crippen molar-refractivity contribution in [2.45, 2.75) is 31.1 Å². The quantitative estimate of drug-likeness (QED) is 0.829. The molecule has 1 aliphatic rings. The number of Topliss-reactive ketones (excluding diaryl/α,β-unsaturated/α-hetero) is 1. The Morgan fingerprint density at radius 3 is 2.68 bits per heavy atom. The first-order valence-corrected chi connectivity index (χ1v) is 7.69. The maximum Gasteiger partial charge on any atom is 0.149 e. The standard InChI is InChI=1S/C14H17FO3S/c1-10-14(6-7-18-10)19(17)9-13(16)8-11-2-4-12(15)5-3-11/h2-5,10,14H,6-9H2,1H3. The van der Waals surface area contributed by atoms with Gasteiger partial charge >= 0.3 is 0 Å². The van der Waals surface area contributed by atoms with Crippen LogP contribution in [0.3, 0.4) is 0 Å². The number of ketones is 1. The van der Waals surface area contributed by atoms with Crippen molar-refractivity contribution in [3.63, 3.8) is 0 Å². The molecule has 0 N–H and O–H groups in total. The van der Waals surface area contributed by atoms with E-state index in [-0.39, 0.29) is 35.1 Å². The highest BCUT2D eigenvalue weighted by molar-refractivity contribution is 7.86. The summed E-state index contributed by atoms with van der Waals surface area (Å²) in [4.78, 5) is 11.8. The van der Waals surface area contributed by atoms with Crippen molar-refractivity contribution >= 4 is 16.6 Å². The summed E-state index contributed by atoms with van der Waals surface area (Å²) in [5.74, 6) is -0.351. The molecular weight excluding hydrogens is 267 g/mol. The molecule has 1 aliphatic heterocycles. The first-order valence-electron chi connectivity index (χ1n) is 6.31. The smallest absolute Gasteiger partial charge is 0.149 e. The van der Waals surface area contributed by atoms with Gasteiger partial charge in [0.05, 0.1) is 17.1 Å². The summed E-state index contributed by atoms with van der Waals surface area (Å²) >= 11 is 0. The van der Waals surface area contributed by atoms with Gasteiger partial charge in [0, 0.05) is 23.8 Å². The summed E-state index contributed by atoms with van der Waals surface area (Å²) in [6, 6.07) is 5.81. The van der Waals surface area contributed by atoms with E-state index < -0.39 is 10.8 Å². The van der Waals surface area contributed by atoms with Crippen molar-refractivity contribution in [1.82, 2.24) is 0 Å². The van der Waals surface area contributed by atoms with Crippen molar-refractivity contribution in [2.24, 2.45) is 0 Å². The molecule has 0 aliphatic carbocycles. The van der Waals surface area contributed by atoms with E-state index in [1.807, 2.05) is 6.92 Å². The maximum atomic E-state index is 12.7. The Labute approximate surface area is 114 Å². The fraction of sp³-hybridized carbons (Fsp3) is 0.500. The average molecular weight is 284 g/mol. The molecule has 0 saturated carbocycles. The molecule has 1 saturated heterocycles. The molecule has 19 heavy (non-hydrogen) atoms. The van der Waals surface area contributed by atoms with Crippen molar-refractivity contribution < 1.29 is 18.1 Å². The van der Waals surface area contributed by atoms with E-state index in [1.165, 1.54) is 12.1 Å². The number of hydrogen-bond donors (Lipinski definition) is 0. The number of rotatable bonds is 5. The van der Waals surface area contributed by atoms with Gasteiger partial charge in [0.25, 0.3) is 0 Å². The Morgan fingerprint density at radius 1 is 1.42 bits per heavy atom. The van der Waals surface area contributed by atoms with Gasteiger partial charge in [-0.15, -0.1) is 0 Å². The zero-order valence-electron chi connectivity index (χ0n) is 10.8. The summed E-state index contributed by atoms with van der Waals surface area (Å²) in [7, 11) is -1.18. The van der Waals surface area contributed by atoms with Crippen LogP contribution in [0.25, 0.3) is 0 Å². The number of benzene rings is 1. The van der Waals surface area contributed by atoms with Gasteiger partial charge in [-0.25, -0.2) is 4.39 Å². The summed E-state index contributed by atoms with van der Waals surface area (Å²) in [6.07, 6.45) is 0.908. The van der Waals surface area contributed by atoms with Crippen molar-refractivity contribution in [3.05, 3.63) is 35.6 Å². The largest absolute Gasteiger partial charge is 0.377 e. The molecule has 1 aromatic rings. The Kier molecular flexibility index (Phi) is 4.82. The Balaban J connectivity index is 1.87. The van der Waals surface area contributed by atoms with Gasteiger partial charge in [-0.05, 0) is 31.0 Å². The molecule has 1 fully saturated rings. The molecule has 3 unspecified atom stereocenters. The topological polar surface area (TPSA) is 43.4 Å². The highest BCUT2D eigenvalue weighted by Crippen LogP contribution is 2.19. The van der Waals surface area contributed by atoms with Crippen LogP contribution in [0.5, 0.6) is 0 Å². The molecule has 3 nitrogen and oxygen atoms in total. The highest BCUT2D eigenvalue weighted by atomic mass is 32.2. The summed E-state index contributed by atoms with van der Waals surface area (Å²) in [5.41, 5.74) is 0.749. The molecule has 0 spiro atoms. The predicted molar refractivity (Wildman–Crippen MR) is 71.9 cm³/mol. The zero-order valence-corrected chi connectivity index (χ0v) is 11.6. The van der Waals surface area contributed by atoms with E-state index in [9.17, 15) is 13.4 Å². The third-order valence-electron chi connectivity index (χ3n) is 3.26. The number of carbonyl (C=O) groups excluding carboxylic acids is 1. The minimum atomic E-state index is -1.18. The normalized spacial score (nSPS) is 24.3. The molecule has 3 atom stereocenters. The maximum absolute atomic E-state index is 12.7. The molecule has 104 valence electrons. The Morgan fingerprint density at radius 2 is 2.11 bits per heavy atom. The molecule has 1 heterocycles. The lowest BCUT2D eigenvalue weighted by molar-refractivity contribution is -0.116. The first kappa shape index (κ1) is 14.3. The number of ether oxygens (including phenoxy) is 1. The molecular formula is C14H17FO3S. The lowest BCUT2D eigenvalue weighted by atomic mass is 10.1. The average Bonchev–Trinajstić information content (AvgIpc) is 2.78. The van der Waals surface area contributed by atoms with Crippen LogP contribution >= 0.6 is 0 Å². The van der Waals surface area contributed by atoms with Crippen LogP contribution in [-0.2, 0) is 26.8 Å². The lowest BCUT2D eigenvalue weighted by Crippen LogP contribution is -2.28. The second-order valence-corrected chi connectivity index (χ2v) is 6.43. The summed E-state index contributed by atoms with van der Waals surface area (Å²) < 4.78 is 30.1. The Bertz CT molecular complexity index is 472. The number of carbonyl (C=O) groups is 1. The predicted octanol–water partition coefficient (Wildman–Crippen LogP) is 1.86. The molecule has 0 amide bonds. The first-order chi connectivity index (χ1) is 9.06. The minimum absolute atomic E-state index is 0.0422. The monoisotopic (exact) mass is 284 g/mol. The van der Waals surface area contributed by atoms with Gasteiger partial charge in [0.15, 0.2) is 0 Å². The van der Waals surface area contributed by atoms with Gasteiger partial charge in [0.1, 0.15) is 11.6 Å². The molecule has 2 rings (SSSR count). The van der Waals surface area contributed by atoms with E-state index in [0.717, 1.165) is 12.0 Å². The van der Waals surface area contributed by atoms with Crippen molar-refractivity contribution in [2.75, 3.05) is 12.4 Å². The van der Waals surface area contributed by atoms with Crippen LogP contribution in [0.4, 0.5) is 4.39 Å². The second-order valence-electron chi connectivity index (χ2n) is 4.77. The van der Waals surface area contributed by atoms with Crippen LogP contribution in [0.15, 0.2) is 24.3 Å². The van der Waals surface area contributed by atoms with E-state index in [4.69, 9.17) is 4.74 Å². The van der Waals surface area contributed by atoms with Crippen LogP contribution in [-0.4, -0.2) is 33.7 Å². The fourth-order valence-corrected chi connectivity index (χ4v) is 3.70. The Hall–Kier alpha value is -1.07. The fourth-order valence-electron chi connectivity index (χ4n) is 2.20. The number of halogens is 1. The van der Waals surface area contributed by atoms with Gasteiger partial charge in [-0.2, -0.15) is 0 Å². The highest BCUT2D eigenvalue weighted by Gasteiger charge is 2.30.